The van der Waals surface area contributed by atoms with E-state index in [-0.39, 0.29) is 0 Å². The van der Waals surface area contributed by atoms with Gasteiger partial charge in [-0.05, 0) is 94.7 Å². The lowest BCUT2D eigenvalue weighted by Gasteiger charge is -2.16. The molecule has 8 aromatic carbocycles. The first-order chi connectivity index (χ1) is 19.8. The van der Waals surface area contributed by atoms with Gasteiger partial charge in [0, 0.05) is 0 Å². The summed E-state index contributed by atoms with van der Waals surface area (Å²) >= 11 is 0. The summed E-state index contributed by atoms with van der Waals surface area (Å²) < 4.78 is 0. The van der Waals surface area contributed by atoms with Gasteiger partial charge < -0.3 is 0 Å². The van der Waals surface area contributed by atoms with Gasteiger partial charge in [-0.15, -0.1) is 0 Å². The predicted molar refractivity (Wildman–Crippen MR) is 173 cm³/mol. The van der Waals surface area contributed by atoms with Crippen LogP contribution in [0.4, 0.5) is 0 Å². The Morgan fingerprint density at radius 2 is 0.675 bits per heavy atom. The summed E-state index contributed by atoms with van der Waals surface area (Å²) in [5.41, 5.74) is 7.51. The molecule has 0 aromatic heterocycles. The zero-order chi connectivity index (χ0) is 26.5. The van der Waals surface area contributed by atoms with Gasteiger partial charge in [0.2, 0.25) is 0 Å². The van der Waals surface area contributed by atoms with E-state index in [1.54, 1.807) is 0 Å². The van der Waals surface area contributed by atoms with Gasteiger partial charge in [0.25, 0.3) is 0 Å². The highest BCUT2D eigenvalue weighted by molar-refractivity contribution is 6.24. The Balaban J connectivity index is 1.39. The van der Waals surface area contributed by atoms with Gasteiger partial charge in [-0.2, -0.15) is 0 Å². The maximum Gasteiger partial charge on any atom is -0.00923 e. The standard InChI is InChI=1S/C40H26/c1-2-10-27(11-3-1)29-18-21-30(22-19-29)37-25-39-36-17-9-7-15-34(36)38(26-40(39)35-16-8-6-14-33(35)37)32-23-20-28-12-4-5-13-31(28)24-32/h1-26H. The van der Waals surface area contributed by atoms with Crippen molar-refractivity contribution < 1.29 is 0 Å². The molecule has 0 aliphatic heterocycles. The molecule has 0 saturated heterocycles. The van der Waals surface area contributed by atoms with Gasteiger partial charge >= 0.3 is 0 Å². The van der Waals surface area contributed by atoms with Crippen molar-refractivity contribution in [3.05, 3.63) is 158 Å². The van der Waals surface area contributed by atoms with Crippen LogP contribution >= 0.6 is 0 Å². The van der Waals surface area contributed by atoms with Gasteiger partial charge in [0.15, 0.2) is 0 Å². The molecule has 0 N–H and O–H groups in total. The number of hydrogen-bond acceptors (Lipinski definition) is 0. The fourth-order valence-corrected chi connectivity index (χ4v) is 6.26. The van der Waals surface area contributed by atoms with E-state index in [0.717, 1.165) is 0 Å². The van der Waals surface area contributed by atoms with Crippen LogP contribution in [0.25, 0.3) is 76.5 Å². The molecule has 8 aromatic rings. The van der Waals surface area contributed by atoms with Crippen LogP contribution in [-0.4, -0.2) is 0 Å². The van der Waals surface area contributed by atoms with E-state index >= 15 is 0 Å². The molecular formula is C40H26. The molecule has 0 heterocycles. The van der Waals surface area contributed by atoms with E-state index in [0.29, 0.717) is 0 Å². The summed E-state index contributed by atoms with van der Waals surface area (Å²) in [6.07, 6.45) is 0. The van der Waals surface area contributed by atoms with Gasteiger partial charge in [0.1, 0.15) is 0 Å². The van der Waals surface area contributed by atoms with Gasteiger partial charge in [-0.1, -0.05) is 140 Å². The molecular weight excluding hydrogens is 480 g/mol. The lowest BCUT2D eigenvalue weighted by atomic mass is 9.87. The van der Waals surface area contributed by atoms with Crippen molar-refractivity contribution in [1.29, 1.82) is 0 Å². The SMILES string of the molecule is c1ccc(-c2ccc(-c3cc4c5ccccc5c(-c5ccc6ccccc6c5)cc4c4ccccc34)cc2)cc1. The normalized spacial score (nSPS) is 11.5. The summed E-state index contributed by atoms with van der Waals surface area (Å²) in [5, 5.41) is 10.3. The minimum Gasteiger partial charge on any atom is -0.0622 e. The molecule has 0 atom stereocenters. The average molecular weight is 507 g/mol. The molecule has 8 rings (SSSR count). The summed E-state index contributed by atoms with van der Waals surface area (Å²) in [6, 6.07) is 57.6. The van der Waals surface area contributed by atoms with Crippen molar-refractivity contribution in [2.24, 2.45) is 0 Å². The molecule has 0 aliphatic rings. The second-order valence-electron chi connectivity index (χ2n) is 10.5. The van der Waals surface area contributed by atoms with Crippen molar-refractivity contribution >= 4 is 43.1 Å². The third-order valence-electron chi connectivity index (χ3n) is 8.25. The largest absolute Gasteiger partial charge is 0.0622 e. The number of rotatable bonds is 3. The Labute approximate surface area is 233 Å². The van der Waals surface area contributed by atoms with Crippen molar-refractivity contribution in [2.45, 2.75) is 0 Å². The highest BCUT2D eigenvalue weighted by atomic mass is 14.2. The monoisotopic (exact) mass is 506 g/mol. The molecule has 0 radical (unpaired) electrons. The maximum atomic E-state index is 2.41. The highest BCUT2D eigenvalue weighted by Gasteiger charge is 2.14. The van der Waals surface area contributed by atoms with E-state index < -0.39 is 0 Å². The number of benzene rings is 8. The molecule has 0 bridgehead atoms. The van der Waals surface area contributed by atoms with Crippen LogP contribution in [-0.2, 0) is 0 Å². The Bertz CT molecular complexity index is 2190. The lowest BCUT2D eigenvalue weighted by Crippen LogP contribution is -1.89. The Kier molecular flexibility index (Phi) is 5.24. The predicted octanol–water partition coefficient (Wildman–Crippen LogP) is 11.3. The fourth-order valence-electron chi connectivity index (χ4n) is 6.26. The van der Waals surface area contributed by atoms with E-state index in [1.807, 2.05) is 0 Å². The topological polar surface area (TPSA) is 0 Å². The van der Waals surface area contributed by atoms with Crippen LogP contribution in [0.15, 0.2) is 158 Å². The zero-order valence-electron chi connectivity index (χ0n) is 22.0. The molecule has 0 fully saturated rings. The Morgan fingerprint density at radius 3 is 1.32 bits per heavy atom. The third-order valence-corrected chi connectivity index (χ3v) is 8.25. The lowest BCUT2D eigenvalue weighted by molar-refractivity contribution is 1.61. The first-order valence-corrected chi connectivity index (χ1v) is 13.9. The minimum absolute atomic E-state index is 1.24. The fraction of sp³-hybridized carbons (Fsp3) is 0. The van der Waals surface area contributed by atoms with Crippen molar-refractivity contribution in [1.82, 2.24) is 0 Å². The van der Waals surface area contributed by atoms with Crippen LogP contribution in [0, 0.1) is 0 Å². The molecule has 0 nitrogen and oxygen atoms in total. The highest BCUT2D eigenvalue weighted by Crippen LogP contribution is 2.42. The third kappa shape index (κ3) is 3.69. The minimum atomic E-state index is 1.24. The number of hydrogen-bond donors (Lipinski definition) is 0. The van der Waals surface area contributed by atoms with Crippen LogP contribution in [0.1, 0.15) is 0 Å². The van der Waals surface area contributed by atoms with Crippen LogP contribution in [0.5, 0.6) is 0 Å². The van der Waals surface area contributed by atoms with Crippen LogP contribution in [0.3, 0.4) is 0 Å². The van der Waals surface area contributed by atoms with E-state index in [2.05, 4.69) is 158 Å². The molecule has 0 aliphatic carbocycles. The zero-order valence-corrected chi connectivity index (χ0v) is 22.0. The number of fused-ring (bicyclic) bond motifs is 6. The van der Waals surface area contributed by atoms with Crippen molar-refractivity contribution in [2.75, 3.05) is 0 Å². The molecule has 186 valence electrons. The second-order valence-corrected chi connectivity index (χ2v) is 10.5. The molecule has 0 amide bonds. The van der Waals surface area contributed by atoms with E-state index in [9.17, 15) is 0 Å². The van der Waals surface area contributed by atoms with E-state index in [4.69, 9.17) is 0 Å². The summed E-state index contributed by atoms with van der Waals surface area (Å²) in [7, 11) is 0. The first kappa shape index (κ1) is 22.8. The second kappa shape index (κ2) is 9.22. The molecule has 0 saturated carbocycles. The van der Waals surface area contributed by atoms with Crippen molar-refractivity contribution in [3.63, 3.8) is 0 Å². The first-order valence-electron chi connectivity index (χ1n) is 13.9. The quantitative estimate of drug-likeness (QED) is 0.209. The molecule has 0 heteroatoms. The maximum absolute atomic E-state index is 2.41. The van der Waals surface area contributed by atoms with Gasteiger partial charge in [-0.25, -0.2) is 0 Å². The molecule has 40 heavy (non-hydrogen) atoms. The van der Waals surface area contributed by atoms with E-state index in [1.165, 1.54) is 76.5 Å². The average Bonchev–Trinajstić information content (AvgIpc) is 3.04. The van der Waals surface area contributed by atoms with Crippen LogP contribution < -0.4 is 0 Å². The molecule has 0 unspecified atom stereocenters. The molecule has 0 spiro atoms. The Hall–Kier alpha value is -5.20. The van der Waals surface area contributed by atoms with Crippen molar-refractivity contribution in [3.8, 4) is 33.4 Å². The smallest absolute Gasteiger partial charge is 0.00923 e. The summed E-state index contributed by atoms with van der Waals surface area (Å²) in [6.45, 7) is 0. The summed E-state index contributed by atoms with van der Waals surface area (Å²) in [4.78, 5) is 0. The van der Waals surface area contributed by atoms with Gasteiger partial charge in [-0.3, -0.25) is 0 Å². The summed E-state index contributed by atoms with van der Waals surface area (Å²) in [5.74, 6) is 0. The van der Waals surface area contributed by atoms with Gasteiger partial charge in [0.05, 0.1) is 0 Å². The Morgan fingerprint density at radius 1 is 0.225 bits per heavy atom. The van der Waals surface area contributed by atoms with Crippen LogP contribution in [0.2, 0.25) is 0 Å².